The Bertz CT molecular complexity index is 673. The lowest BCUT2D eigenvalue weighted by atomic mass is 9.98. The minimum Gasteiger partial charge on any atom is -0.388 e. The minimum atomic E-state index is -0.414. The predicted octanol–water partition coefficient (Wildman–Crippen LogP) is 4.35. The fourth-order valence-corrected chi connectivity index (χ4v) is 3.26. The van der Waals surface area contributed by atoms with Crippen LogP contribution in [0.1, 0.15) is 29.4 Å². The lowest BCUT2D eigenvalue weighted by Gasteiger charge is -2.13. The Labute approximate surface area is 122 Å². The summed E-state index contributed by atoms with van der Waals surface area (Å²) in [6, 6.07) is 12.3. The molecule has 0 aliphatic heterocycles. The van der Waals surface area contributed by atoms with E-state index in [0.717, 1.165) is 35.6 Å². The van der Waals surface area contributed by atoms with Crippen molar-refractivity contribution in [3.63, 3.8) is 0 Å². The first-order chi connectivity index (χ1) is 9.84. The largest absolute Gasteiger partial charge is 0.388 e. The number of benzene rings is 1. The number of nitrogens with zero attached hydrogens (tertiary/aromatic N) is 1. The van der Waals surface area contributed by atoms with Gasteiger partial charge in [0.2, 0.25) is 0 Å². The zero-order valence-electron chi connectivity index (χ0n) is 11.2. The van der Waals surface area contributed by atoms with E-state index < -0.39 is 6.10 Å². The highest BCUT2D eigenvalue weighted by Crippen LogP contribution is 2.27. The van der Waals surface area contributed by atoms with Gasteiger partial charge in [0.15, 0.2) is 0 Å². The topological polar surface area (TPSA) is 33.1 Å². The molecule has 0 aliphatic rings. The average molecular weight is 283 g/mol. The molecule has 0 amide bonds. The summed E-state index contributed by atoms with van der Waals surface area (Å²) in [6.07, 6.45) is 6.03. The third-order valence-corrected chi connectivity index (χ3v) is 4.49. The van der Waals surface area contributed by atoms with Crippen LogP contribution in [0.15, 0.2) is 54.2 Å². The molecule has 2 aromatic heterocycles. The molecule has 3 heteroatoms. The van der Waals surface area contributed by atoms with Gasteiger partial charge >= 0.3 is 0 Å². The summed E-state index contributed by atoms with van der Waals surface area (Å²) in [7, 11) is 0. The van der Waals surface area contributed by atoms with E-state index in [1.54, 1.807) is 17.5 Å². The van der Waals surface area contributed by atoms with Crippen molar-refractivity contribution in [3.05, 3.63) is 64.6 Å². The minimum absolute atomic E-state index is 0.414. The van der Waals surface area contributed by atoms with Crippen LogP contribution < -0.4 is 0 Å². The molecule has 1 unspecified atom stereocenters. The summed E-state index contributed by atoms with van der Waals surface area (Å²) in [5, 5.41) is 14.7. The Balaban J connectivity index is 1.70. The number of aryl methyl sites for hydroxylation is 1. The quantitative estimate of drug-likeness (QED) is 0.755. The molecule has 0 aliphatic carbocycles. The molecular weight excluding hydrogens is 266 g/mol. The van der Waals surface area contributed by atoms with Crippen molar-refractivity contribution in [1.82, 2.24) is 4.98 Å². The second-order valence-corrected chi connectivity index (χ2v) is 5.96. The SMILES string of the molecule is OC(CCCc1cccs1)c1cccc2ccncc12. The van der Waals surface area contributed by atoms with Gasteiger partial charge in [-0.15, -0.1) is 11.3 Å². The number of hydrogen-bond acceptors (Lipinski definition) is 3. The normalized spacial score (nSPS) is 12.7. The first kappa shape index (κ1) is 13.3. The number of fused-ring (bicyclic) bond motifs is 1. The van der Waals surface area contributed by atoms with Crippen molar-refractivity contribution in [2.24, 2.45) is 0 Å². The van der Waals surface area contributed by atoms with Gasteiger partial charge in [-0.05, 0) is 47.7 Å². The highest BCUT2D eigenvalue weighted by molar-refractivity contribution is 7.09. The number of aromatic nitrogens is 1. The lowest BCUT2D eigenvalue weighted by Crippen LogP contribution is -1.99. The number of aliphatic hydroxyl groups is 1. The van der Waals surface area contributed by atoms with Crippen LogP contribution in [0, 0.1) is 0 Å². The number of thiophene rings is 1. The lowest BCUT2D eigenvalue weighted by molar-refractivity contribution is 0.166. The monoisotopic (exact) mass is 283 g/mol. The maximum absolute atomic E-state index is 10.4. The van der Waals surface area contributed by atoms with E-state index in [-0.39, 0.29) is 0 Å². The van der Waals surface area contributed by atoms with Gasteiger partial charge in [0, 0.05) is 22.7 Å². The summed E-state index contributed by atoms with van der Waals surface area (Å²) < 4.78 is 0. The summed E-state index contributed by atoms with van der Waals surface area (Å²) >= 11 is 1.78. The molecule has 3 aromatic rings. The van der Waals surface area contributed by atoms with Gasteiger partial charge in [-0.2, -0.15) is 0 Å². The molecule has 1 atom stereocenters. The van der Waals surface area contributed by atoms with Gasteiger partial charge < -0.3 is 5.11 Å². The predicted molar refractivity (Wildman–Crippen MR) is 84.0 cm³/mol. The molecule has 20 heavy (non-hydrogen) atoms. The molecule has 3 rings (SSSR count). The Hall–Kier alpha value is -1.71. The maximum Gasteiger partial charge on any atom is 0.0796 e. The molecule has 102 valence electrons. The summed E-state index contributed by atoms with van der Waals surface area (Å²) in [4.78, 5) is 5.55. The van der Waals surface area contributed by atoms with Gasteiger partial charge in [-0.25, -0.2) is 0 Å². The van der Waals surface area contributed by atoms with Crippen LogP contribution in [-0.4, -0.2) is 10.1 Å². The highest BCUT2D eigenvalue weighted by Gasteiger charge is 2.11. The van der Waals surface area contributed by atoms with E-state index in [1.165, 1.54) is 4.88 Å². The first-order valence-electron chi connectivity index (χ1n) is 6.87. The molecule has 1 N–H and O–H groups in total. The molecule has 0 bridgehead atoms. The van der Waals surface area contributed by atoms with E-state index in [1.807, 2.05) is 24.4 Å². The van der Waals surface area contributed by atoms with Gasteiger partial charge in [0.25, 0.3) is 0 Å². The second-order valence-electron chi connectivity index (χ2n) is 4.93. The fraction of sp³-hybridized carbons (Fsp3) is 0.235. The second kappa shape index (κ2) is 6.16. The van der Waals surface area contributed by atoms with Crippen LogP contribution in [0.3, 0.4) is 0 Å². The molecule has 1 aromatic carbocycles. The molecule has 2 heterocycles. The van der Waals surface area contributed by atoms with Crippen LogP contribution >= 0.6 is 11.3 Å². The molecule has 0 saturated heterocycles. The number of aliphatic hydroxyl groups excluding tert-OH is 1. The van der Waals surface area contributed by atoms with E-state index in [2.05, 4.69) is 28.6 Å². The summed E-state index contributed by atoms with van der Waals surface area (Å²) in [5.74, 6) is 0. The zero-order valence-corrected chi connectivity index (χ0v) is 12.0. The van der Waals surface area contributed by atoms with Crippen molar-refractivity contribution in [2.45, 2.75) is 25.4 Å². The van der Waals surface area contributed by atoms with E-state index >= 15 is 0 Å². The third-order valence-electron chi connectivity index (χ3n) is 3.56. The van der Waals surface area contributed by atoms with Crippen molar-refractivity contribution in [3.8, 4) is 0 Å². The van der Waals surface area contributed by atoms with Gasteiger partial charge in [-0.1, -0.05) is 24.3 Å². The molecule has 0 fully saturated rings. The van der Waals surface area contributed by atoms with E-state index in [4.69, 9.17) is 0 Å². The Morgan fingerprint density at radius 1 is 1.15 bits per heavy atom. The van der Waals surface area contributed by atoms with Crippen LogP contribution in [0.25, 0.3) is 10.8 Å². The number of rotatable bonds is 5. The standard InChI is InChI=1S/C17H17NOS/c19-17(8-2-5-14-6-3-11-20-14)15-7-1-4-13-9-10-18-12-16(13)15/h1,3-4,6-7,9-12,17,19H,2,5,8H2. The van der Waals surface area contributed by atoms with Gasteiger partial charge in [0.1, 0.15) is 0 Å². The van der Waals surface area contributed by atoms with E-state index in [9.17, 15) is 5.11 Å². The molecule has 0 spiro atoms. The van der Waals surface area contributed by atoms with Crippen molar-refractivity contribution < 1.29 is 5.11 Å². The summed E-state index contributed by atoms with van der Waals surface area (Å²) in [5.41, 5.74) is 0.988. The Kier molecular flexibility index (Phi) is 4.09. The average Bonchev–Trinajstić information content (AvgIpc) is 3.00. The van der Waals surface area contributed by atoms with Crippen LogP contribution in [0.5, 0.6) is 0 Å². The Morgan fingerprint density at radius 2 is 2.10 bits per heavy atom. The van der Waals surface area contributed by atoms with Crippen molar-refractivity contribution in [2.75, 3.05) is 0 Å². The summed E-state index contributed by atoms with van der Waals surface area (Å²) in [6.45, 7) is 0. The van der Waals surface area contributed by atoms with Crippen LogP contribution in [0.2, 0.25) is 0 Å². The molecular formula is C17H17NOS. The number of pyridine rings is 1. The van der Waals surface area contributed by atoms with Crippen LogP contribution in [0.4, 0.5) is 0 Å². The zero-order chi connectivity index (χ0) is 13.8. The van der Waals surface area contributed by atoms with E-state index in [0.29, 0.717) is 0 Å². The Morgan fingerprint density at radius 3 is 2.95 bits per heavy atom. The van der Waals surface area contributed by atoms with Crippen molar-refractivity contribution >= 4 is 22.1 Å². The molecule has 0 saturated carbocycles. The van der Waals surface area contributed by atoms with Gasteiger partial charge in [0.05, 0.1) is 6.10 Å². The third kappa shape index (κ3) is 2.89. The smallest absolute Gasteiger partial charge is 0.0796 e. The number of hydrogen-bond donors (Lipinski definition) is 1. The maximum atomic E-state index is 10.4. The fourth-order valence-electron chi connectivity index (χ4n) is 2.51. The van der Waals surface area contributed by atoms with Crippen LogP contribution in [-0.2, 0) is 6.42 Å². The van der Waals surface area contributed by atoms with Gasteiger partial charge in [-0.3, -0.25) is 4.98 Å². The molecule has 0 radical (unpaired) electrons. The highest BCUT2D eigenvalue weighted by atomic mass is 32.1. The van der Waals surface area contributed by atoms with Crippen molar-refractivity contribution in [1.29, 1.82) is 0 Å². The first-order valence-corrected chi connectivity index (χ1v) is 7.75. The molecule has 2 nitrogen and oxygen atoms in total.